The Labute approximate surface area is 129 Å². The SMILES string of the molecule is CCN1CCC(CNC2CCN(C(=O)N(C)C)CC2)CC1. The van der Waals surface area contributed by atoms with Crippen molar-refractivity contribution in [3.63, 3.8) is 0 Å². The van der Waals surface area contributed by atoms with Gasteiger partial charge in [0.15, 0.2) is 0 Å². The summed E-state index contributed by atoms with van der Waals surface area (Å²) in [5.74, 6) is 0.842. The largest absolute Gasteiger partial charge is 0.331 e. The molecule has 2 rings (SSSR count). The van der Waals surface area contributed by atoms with Gasteiger partial charge in [-0.25, -0.2) is 4.79 Å². The summed E-state index contributed by atoms with van der Waals surface area (Å²) in [4.78, 5) is 18.1. The molecule has 0 spiro atoms. The molecule has 122 valence electrons. The Morgan fingerprint density at radius 3 is 2.24 bits per heavy atom. The highest BCUT2D eigenvalue weighted by molar-refractivity contribution is 5.73. The Bertz CT molecular complexity index is 318. The quantitative estimate of drug-likeness (QED) is 0.853. The van der Waals surface area contributed by atoms with Crippen molar-refractivity contribution in [2.24, 2.45) is 5.92 Å². The fraction of sp³-hybridized carbons (Fsp3) is 0.938. The van der Waals surface area contributed by atoms with Crippen molar-refractivity contribution in [3.05, 3.63) is 0 Å². The van der Waals surface area contributed by atoms with Crippen LogP contribution in [0.3, 0.4) is 0 Å². The van der Waals surface area contributed by atoms with Crippen molar-refractivity contribution in [1.82, 2.24) is 20.0 Å². The molecular weight excluding hydrogens is 264 g/mol. The molecule has 5 heteroatoms. The lowest BCUT2D eigenvalue weighted by atomic mass is 9.95. The lowest BCUT2D eigenvalue weighted by Crippen LogP contribution is -2.49. The van der Waals surface area contributed by atoms with Gasteiger partial charge in [0, 0.05) is 33.2 Å². The highest BCUT2D eigenvalue weighted by Crippen LogP contribution is 2.17. The van der Waals surface area contributed by atoms with Crippen LogP contribution in [-0.2, 0) is 0 Å². The van der Waals surface area contributed by atoms with E-state index in [1.54, 1.807) is 4.90 Å². The van der Waals surface area contributed by atoms with Crippen molar-refractivity contribution in [1.29, 1.82) is 0 Å². The maximum absolute atomic E-state index is 11.9. The van der Waals surface area contributed by atoms with E-state index in [1.807, 2.05) is 19.0 Å². The van der Waals surface area contributed by atoms with Gasteiger partial charge < -0.3 is 20.0 Å². The van der Waals surface area contributed by atoms with E-state index in [1.165, 1.54) is 32.5 Å². The normalized spacial score (nSPS) is 22.5. The van der Waals surface area contributed by atoms with E-state index < -0.39 is 0 Å². The number of carbonyl (C=O) groups is 1. The highest BCUT2D eigenvalue weighted by atomic mass is 16.2. The molecule has 1 N–H and O–H groups in total. The van der Waals surface area contributed by atoms with Crippen LogP contribution in [0, 0.1) is 5.92 Å². The minimum Gasteiger partial charge on any atom is -0.331 e. The van der Waals surface area contributed by atoms with Crippen LogP contribution in [0.4, 0.5) is 4.79 Å². The van der Waals surface area contributed by atoms with E-state index in [0.29, 0.717) is 6.04 Å². The van der Waals surface area contributed by atoms with Gasteiger partial charge in [-0.1, -0.05) is 6.92 Å². The Balaban J connectivity index is 1.62. The highest BCUT2D eigenvalue weighted by Gasteiger charge is 2.24. The molecule has 0 aromatic carbocycles. The molecule has 5 nitrogen and oxygen atoms in total. The van der Waals surface area contributed by atoms with E-state index in [-0.39, 0.29) is 6.03 Å². The van der Waals surface area contributed by atoms with Crippen molar-refractivity contribution in [2.45, 2.75) is 38.6 Å². The monoisotopic (exact) mass is 296 g/mol. The predicted octanol–water partition coefficient (Wildman–Crippen LogP) is 1.45. The summed E-state index contributed by atoms with van der Waals surface area (Å²) >= 11 is 0. The Morgan fingerprint density at radius 1 is 1.10 bits per heavy atom. The second-order valence-electron chi connectivity index (χ2n) is 6.72. The van der Waals surface area contributed by atoms with Gasteiger partial charge in [-0.3, -0.25) is 0 Å². The smallest absolute Gasteiger partial charge is 0.319 e. The number of hydrogen-bond donors (Lipinski definition) is 1. The van der Waals surface area contributed by atoms with E-state index in [0.717, 1.165) is 38.4 Å². The summed E-state index contributed by atoms with van der Waals surface area (Å²) in [7, 11) is 3.66. The molecule has 2 heterocycles. The Morgan fingerprint density at radius 2 is 1.71 bits per heavy atom. The second-order valence-corrected chi connectivity index (χ2v) is 6.72. The van der Waals surface area contributed by atoms with Crippen LogP contribution < -0.4 is 5.32 Å². The summed E-state index contributed by atoms with van der Waals surface area (Å²) in [6, 6.07) is 0.751. The van der Waals surface area contributed by atoms with Gasteiger partial charge in [0.1, 0.15) is 0 Å². The third kappa shape index (κ3) is 4.85. The lowest BCUT2D eigenvalue weighted by Gasteiger charge is -2.36. The van der Waals surface area contributed by atoms with Crippen LogP contribution >= 0.6 is 0 Å². The maximum Gasteiger partial charge on any atom is 0.319 e. The zero-order valence-electron chi connectivity index (χ0n) is 14.0. The first kappa shape index (κ1) is 16.6. The number of hydrogen-bond acceptors (Lipinski definition) is 3. The molecule has 2 amide bonds. The molecule has 2 saturated heterocycles. The summed E-state index contributed by atoms with van der Waals surface area (Å²) in [5.41, 5.74) is 0. The van der Waals surface area contributed by atoms with Crippen molar-refractivity contribution in [2.75, 3.05) is 53.4 Å². The number of urea groups is 1. The van der Waals surface area contributed by atoms with Gasteiger partial charge in [-0.15, -0.1) is 0 Å². The maximum atomic E-state index is 11.9. The second kappa shape index (κ2) is 7.99. The minimum atomic E-state index is 0.153. The summed E-state index contributed by atoms with van der Waals surface area (Å²) in [5, 5.41) is 3.74. The number of piperidine rings is 2. The summed E-state index contributed by atoms with van der Waals surface area (Å²) in [6.45, 7) is 8.91. The molecule has 2 aliphatic heterocycles. The molecule has 2 fully saturated rings. The van der Waals surface area contributed by atoms with Gasteiger partial charge in [0.05, 0.1) is 0 Å². The van der Waals surface area contributed by atoms with Crippen molar-refractivity contribution in [3.8, 4) is 0 Å². The number of rotatable bonds is 4. The molecule has 0 radical (unpaired) electrons. The number of carbonyl (C=O) groups excluding carboxylic acids is 1. The van der Waals surface area contributed by atoms with Crippen LogP contribution in [0.15, 0.2) is 0 Å². The van der Waals surface area contributed by atoms with E-state index in [4.69, 9.17) is 0 Å². The van der Waals surface area contributed by atoms with Crippen LogP contribution in [0.1, 0.15) is 32.6 Å². The molecule has 0 aromatic rings. The molecule has 0 aromatic heterocycles. The molecule has 2 aliphatic rings. The standard InChI is InChI=1S/C16H32N4O/c1-4-19-9-5-14(6-10-19)13-17-15-7-11-20(12-8-15)16(21)18(2)3/h14-15,17H,4-13H2,1-3H3. The zero-order chi connectivity index (χ0) is 15.2. The zero-order valence-corrected chi connectivity index (χ0v) is 14.0. The van der Waals surface area contributed by atoms with Gasteiger partial charge >= 0.3 is 6.03 Å². The van der Waals surface area contributed by atoms with Crippen LogP contribution in [0.2, 0.25) is 0 Å². The summed E-state index contributed by atoms with van der Waals surface area (Å²) in [6.07, 6.45) is 4.85. The average Bonchev–Trinajstić information content (AvgIpc) is 2.53. The first-order valence-corrected chi connectivity index (χ1v) is 8.52. The Kier molecular flexibility index (Phi) is 6.30. The van der Waals surface area contributed by atoms with Gasteiger partial charge in [0.2, 0.25) is 0 Å². The fourth-order valence-electron chi connectivity index (χ4n) is 3.40. The topological polar surface area (TPSA) is 38.8 Å². The first-order chi connectivity index (χ1) is 10.1. The van der Waals surface area contributed by atoms with E-state index in [2.05, 4.69) is 17.1 Å². The minimum absolute atomic E-state index is 0.153. The predicted molar refractivity (Wildman–Crippen MR) is 86.5 cm³/mol. The van der Waals surface area contributed by atoms with Crippen LogP contribution in [0.25, 0.3) is 0 Å². The summed E-state index contributed by atoms with van der Waals surface area (Å²) < 4.78 is 0. The van der Waals surface area contributed by atoms with Crippen molar-refractivity contribution >= 4 is 6.03 Å². The number of amides is 2. The number of likely N-dealkylation sites (tertiary alicyclic amines) is 2. The average molecular weight is 296 g/mol. The molecule has 0 atom stereocenters. The molecule has 0 saturated carbocycles. The number of nitrogens with zero attached hydrogens (tertiary/aromatic N) is 3. The van der Waals surface area contributed by atoms with E-state index in [9.17, 15) is 4.79 Å². The molecule has 0 bridgehead atoms. The van der Waals surface area contributed by atoms with Gasteiger partial charge in [-0.05, 0) is 57.8 Å². The number of nitrogens with one attached hydrogen (secondary N) is 1. The molecular formula is C16H32N4O. The van der Waals surface area contributed by atoms with Crippen molar-refractivity contribution < 1.29 is 4.79 Å². The lowest BCUT2D eigenvalue weighted by molar-refractivity contribution is 0.148. The molecule has 21 heavy (non-hydrogen) atoms. The van der Waals surface area contributed by atoms with Gasteiger partial charge in [-0.2, -0.15) is 0 Å². The molecule has 0 aliphatic carbocycles. The van der Waals surface area contributed by atoms with Crippen LogP contribution in [0.5, 0.6) is 0 Å². The van der Waals surface area contributed by atoms with Gasteiger partial charge in [0.25, 0.3) is 0 Å². The third-order valence-electron chi connectivity index (χ3n) is 5.00. The third-order valence-corrected chi connectivity index (χ3v) is 5.00. The first-order valence-electron chi connectivity index (χ1n) is 8.52. The Hall–Kier alpha value is -0.810. The molecule has 0 unspecified atom stereocenters. The van der Waals surface area contributed by atoms with Crippen LogP contribution in [-0.4, -0.2) is 80.1 Å². The van der Waals surface area contributed by atoms with E-state index >= 15 is 0 Å². The fourth-order valence-corrected chi connectivity index (χ4v) is 3.40.